The minimum atomic E-state index is 0.374. The van der Waals surface area contributed by atoms with Crippen molar-refractivity contribution in [3.8, 4) is 0 Å². The van der Waals surface area contributed by atoms with Crippen molar-refractivity contribution in [3.63, 3.8) is 0 Å². The zero-order chi connectivity index (χ0) is 27.2. The summed E-state index contributed by atoms with van der Waals surface area (Å²) in [5, 5.41) is 9.22. The fraction of sp³-hybridized carbons (Fsp3) is 0.829. The summed E-state index contributed by atoms with van der Waals surface area (Å²) < 4.78 is 2.38. The average molecular weight is 524 g/mol. The summed E-state index contributed by atoms with van der Waals surface area (Å²) in [7, 11) is 0. The van der Waals surface area contributed by atoms with Gasteiger partial charge in [-0.25, -0.2) is 4.68 Å². The summed E-state index contributed by atoms with van der Waals surface area (Å²) >= 11 is 0. The molecular formula is C35H61N3. The summed E-state index contributed by atoms with van der Waals surface area (Å²) in [6.45, 7) is 12.1. The van der Waals surface area contributed by atoms with E-state index >= 15 is 0 Å². The third kappa shape index (κ3) is 8.82. The van der Waals surface area contributed by atoms with Gasteiger partial charge in [0.1, 0.15) is 0 Å². The van der Waals surface area contributed by atoms with Gasteiger partial charge < -0.3 is 0 Å². The molecule has 1 heterocycles. The number of unbranched alkanes of at least 4 members (excludes halogenated alkanes) is 1. The number of nitrogens with zero attached hydrogens (tertiary/aromatic N) is 3. The quantitative estimate of drug-likeness (QED) is 0.243. The van der Waals surface area contributed by atoms with Crippen LogP contribution in [0.1, 0.15) is 162 Å². The molecule has 2 aliphatic carbocycles. The van der Waals surface area contributed by atoms with Gasteiger partial charge in [0.15, 0.2) is 0 Å². The Hall–Kier alpha value is -1.38. The highest BCUT2D eigenvalue weighted by atomic mass is 15.4. The maximum absolute atomic E-state index is 4.73. The second-order valence-corrected chi connectivity index (χ2v) is 13.0. The topological polar surface area (TPSA) is 30.7 Å². The molecule has 3 nitrogen and oxygen atoms in total. The van der Waals surface area contributed by atoms with Crippen LogP contribution in [0.3, 0.4) is 0 Å². The first-order valence-corrected chi connectivity index (χ1v) is 16.8. The molecule has 3 heteroatoms. The normalized spacial score (nSPS) is 24.4. The van der Waals surface area contributed by atoms with Gasteiger partial charge in [-0.1, -0.05) is 142 Å². The van der Waals surface area contributed by atoms with Crippen LogP contribution in [0.15, 0.2) is 30.0 Å². The highest BCUT2D eigenvalue weighted by Crippen LogP contribution is 2.45. The molecule has 2 aliphatic rings. The first-order valence-electron chi connectivity index (χ1n) is 16.8. The molecular weight excluding hydrogens is 462 g/mol. The van der Waals surface area contributed by atoms with Crippen LogP contribution in [0.2, 0.25) is 0 Å². The minimum Gasteiger partial charge on any atom is -0.246 e. The Morgan fingerprint density at radius 1 is 0.947 bits per heavy atom. The van der Waals surface area contributed by atoms with Crippen molar-refractivity contribution in [2.45, 2.75) is 163 Å². The van der Waals surface area contributed by atoms with Crippen molar-refractivity contribution in [1.29, 1.82) is 0 Å². The van der Waals surface area contributed by atoms with E-state index in [0.29, 0.717) is 17.4 Å². The molecule has 1 fully saturated rings. The van der Waals surface area contributed by atoms with Gasteiger partial charge >= 0.3 is 0 Å². The second kappa shape index (κ2) is 16.7. The highest BCUT2D eigenvalue weighted by molar-refractivity contribution is 5.36. The van der Waals surface area contributed by atoms with E-state index in [1.165, 1.54) is 121 Å². The third-order valence-electron chi connectivity index (χ3n) is 10.5. The van der Waals surface area contributed by atoms with Crippen LogP contribution >= 0.6 is 0 Å². The molecule has 0 saturated heterocycles. The number of hydrogen-bond acceptors (Lipinski definition) is 2. The van der Waals surface area contributed by atoms with Gasteiger partial charge in [-0.05, 0) is 67.3 Å². The molecule has 0 amide bonds. The van der Waals surface area contributed by atoms with Crippen LogP contribution in [0, 0.1) is 23.2 Å². The monoisotopic (exact) mass is 523 g/mol. The van der Waals surface area contributed by atoms with Gasteiger partial charge in [0.25, 0.3) is 0 Å². The molecule has 0 spiro atoms. The maximum Gasteiger partial charge on any atom is 0.0725 e. The lowest BCUT2D eigenvalue weighted by atomic mass is 9.65. The van der Waals surface area contributed by atoms with E-state index in [2.05, 4.69) is 68.8 Å². The SMILES string of the molecule is CCCCC(CC)(CC1=CC=C1)C(C)Cc1cnnn1C1CCCCCC(C(CC)CCC)CCCCC1. The van der Waals surface area contributed by atoms with E-state index in [4.69, 9.17) is 5.21 Å². The molecule has 1 aromatic heterocycles. The van der Waals surface area contributed by atoms with Gasteiger partial charge in [0.2, 0.25) is 0 Å². The minimum absolute atomic E-state index is 0.374. The van der Waals surface area contributed by atoms with E-state index < -0.39 is 0 Å². The van der Waals surface area contributed by atoms with Crippen molar-refractivity contribution in [2.24, 2.45) is 23.2 Å². The van der Waals surface area contributed by atoms with Crippen LogP contribution in [-0.2, 0) is 6.42 Å². The summed E-state index contributed by atoms with van der Waals surface area (Å²) in [5.41, 5.74) is 3.30. The maximum atomic E-state index is 4.73. The zero-order valence-electron chi connectivity index (χ0n) is 25.9. The van der Waals surface area contributed by atoms with E-state index in [-0.39, 0.29) is 0 Å². The Bertz CT molecular complexity index is 822. The van der Waals surface area contributed by atoms with Gasteiger partial charge in [-0.2, -0.15) is 0 Å². The van der Waals surface area contributed by atoms with Crippen LogP contribution in [0.5, 0.6) is 0 Å². The third-order valence-corrected chi connectivity index (χ3v) is 10.5. The highest BCUT2D eigenvalue weighted by Gasteiger charge is 2.35. The van der Waals surface area contributed by atoms with Gasteiger partial charge in [-0.3, -0.25) is 0 Å². The van der Waals surface area contributed by atoms with E-state index in [1.54, 1.807) is 5.57 Å². The van der Waals surface area contributed by atoms with Crippen molar-refractivity contribution in [1.82, 2.24) is 15.0 Å². The first-order chi connectivity index (χ1) is 18.6. The Morgan fingerprint density at radius 3 is 2.18 bits per heavy atom. The zero-order valence-corrected chi connectivity index (χ0v) is 25.9. The van der Waals surface area contributed by atoms with E-state index in [0.717, 1.165) is 18.3 Å². The van der Waals surface area contributed by atoms with E-state index in [1.807, 2.05) is 0 Å². The molecule has 0 radical (unpaired) electrons. The van der Waals surface area contributed by atoms with Gasteiger partial charge in [0, 0.05) is 0 Å². The lowest BCUT2D eigenvalue weighted by Gasteiger charge is -2.40. The summed E-state index contributed by atoms with van der Waals surface area (Å²) in [6, 6.07) is 0.530. The Labute approximate surface area is 236 Å². The lowest BCUT2D eigenvalue weighted by molar-refractivity contribution is 0.139. The number of rotatable bonds is 14. The summed E-state index contributed by atoms with van der Waals surface area (Å²) in [6.07, 6.45) is 34.4. The molecule has 0 aliphatic heterocycles. The Morgan fingerprint density at radius 2 is 1.63 bits per heavy atom. The Balaban J connectivity index is 1.64. The number of aromatic nitrogens is 3. The molecule has 1 saturated carbocycles. The predicted octanol–water partition coefficient (Wildman–Crippen LogP) is 10.8. The second-order valence-electron chi connectivity index (χ2n) is 13.0. The predicted molar refractivity (Wildman–Crippen MR) is 164 cm³/mol. The molecule has 0 aromatic carbocycles. The molecule has 3 unspecified atom stereocenters. The molecule has 3 rings (SSSR count). The lowest BCUT2D eigenvalue weighted by Crippen LogP contribution is -2.31. The van der Waals surface area contributed by atoms with Crippen molar-refractivity contribution in [2.75, 3.05) is 0 Å². The van der Waals surface area contributed by atoms with Crippen LogP contribution in [0.4, 0.5) is 0 Å². The van der Waals surface area contributed by atoms with Crippen LogP contribution in [-0.4, -0.2) is 15.0 Å². The van der Waals surface area contributed by atoms with Crippen molar-refractivity contribution >= 4 is 0 Å². The van der Waals surface area contributed by atoms with Gasteiger partial charge in [0.05, 0.1) is 17.9 Å². The fourth-order valence-corrected chi connectivity index (χ4v) is 7.77. The molecule has 3 atom stereocenters. The smallest absolute Gasteiger partial charge is 0.0725 e. The number of hydrogen-bond donors (Lipinski definition) is 0. The summed E-state index contributed by atoms with van der Waals surface area (Å²) in [4.78, 5) is 0. The standard InChI is InChI=1S/C35H61N3/c1-6-10-25-35(9-4,27-30-19-17-20-30)29(5)26-34-28-36-37-38(34)33-23-15-11-13-21-32(22-14-12-16-24-33)31(8-3)18-7-2/h17,19-20,28-29,31-33H,6-16,18,21-27H2,1-5H3. The van der Waals surface area contributed by atoms with Crippen molar-refractivity contribution < 1.29 is 0 Å². The number of allylic oxidation sites excluding steroid dienone is 4. The molecule has 0 N–H and O–H groups in total. The van der Waals surface area contributed by atoms with Crippen LogP contribution in [0.25, 0.3) is 0 Å². The Kier molecular flexibility index (Phi) is 13.7. The average Bonchev–Trinajstić information content (AvgIpc) is 3.35. The van der Waals surface area contributed by atoms with Gasteiger partial charge in [-0.15, -0.1) is 5.10 Å². The van der Waals surface area contributed by atoms with Crippen LogP contribution < -0.4 is 0 Å². The molecule has 38 heavy (non-hydrogen) atoms. The summed E-state index contributed by atoms with van der Waals surface area (Å²) in [5.74, 6) is 2.56. The largest absolute Gasteiger partial charge is 0.246 e. The van der Waals surface area contributed by atoms with E-state index in [9.17, 15) is 0 Å². The molecule has 0 bridgehead atoms. The molecule has 216 valence electrons. The van der Waals surface area contributed by atoms with Crippen molar-refractivity contribution in [3.05, 3.63) is 35.7 Å². The first kappa shape index (κ1) is 31.2. The molecule has 1 aromatic rings. The fourth-order valence-electron chi connectivity index (χ4n) is 7.77.